The lowest BCUT2D eigenvalue weighted by Gasteiger charge is -2.32. The SMILES string of the molecule is CC1CCN(c2ccc(NC(=O)CSc3nnc4n3CCCCC4)cc2)CC1. The average molecular weight is 400 g/mol. The van der Waals surface area contributed by atoms with Crippen LogP contribution in [0, 0.1) is 5.92 Å². The molecule has 1 aromatic carbocycles. The number of piperidine rings is 1. The Kier molecular flexibility index (Phi) is 6.20. The second kappa shape index (κ2) is 8.99. The van der Waals surface area contributed by atoms with Crippen LogP contribution in [0.25, 0.3) is 0 Å². The molecule has 2 aliphatic heterocycles. The number of hydrogen-bond donors (Lipinski definition) is 1. The van der Waals surface area contributed by atoms with Crippen molar-refractivity contribution in [3.05, 3.63) is 30.1 Å². The number of nitrogens with one attached hydrogen (secondary N) is 1. The number of fused-ring (bicyclic) bond motifs is 1. The summed E-state index contributed by atoms with van der Waals surface area (Å²) in [4.78, 5) is 14.8. The van der Waals surface area contributed by atoms with Gasteiger partial charge in [-0.2, -0.15) is 0 Å². The number of thioether (sulfide) groups is 1. The van der Waals surface area contributed by atoms with Crippen LogP contribution in [-0.4, -0.2) is 39.5 Å². The minimum atomic E-state index is -0.00415. The zero-order valence-electron chi connectivity index (χ0n) is 16.6. The lowest BCUT2D eigenvalue weighted by molar-refractivity contribution is -0.113. The molecule has 0 atom stereocenters. The number of aromatic nitrogens is 3. The highest BCUT2D eigenvalue weighted by Gasteiger charge is 2.17. The normalized spacial score (nSPS) is 17.8. The second-order valence-corrected chi connectivity index (χ2v) is 8.86. The fourth-order valence-electron chi connectivity index (χ4n) is 3.91. The van der Waals surface area contributed by atoms with E-state index in [-0.39, 0.29) is 5.91 Å². The van der Waals surface area contributed by atoms with Crippen LogP contribution in [0.5, 0.6) is 0 Å². The number of benzene rings is 1. The molecule has 2 aliphatic rings. The van der Waals surface area contributed by atoms with E-state index in [4.69, 9.17) is 0 Å². The molecule has 0 radical (unpaired) electrons. The van der Waals surface area contributed by atoms with E-state index in [1.807, 2.05) is 12.1 Å². The predicted octanol–water partition coefficient (Wildman–Crippen LogP) is 3.97. The molecule has 4 rings (SSSR count). The van der Waals surface area contributed by atoms with Crippen molar-refractivity contribution >= 4 is 29.0 Å². The minimum absolute atomic E-state index is 0.00415. The van der Waals surface area contributed by atoms with E-state index in [2.05, 4.69) is 44.0 Å². The number of anilines is 2. The quantitative estimate of drug-likeness (QED) is 0.771. The van der Waals surface area contributed by atoms with Crippen molar-refractivity contribution in [2.75, 3.05) is 29.1 Å². The number of hydrogen-bond acceptors (Lipinski definition) is 5. The zero-order chi connectivity index (χ0) is 19.3. The predicted molar refractivity (Wildman–Crippen MR) is 114 cm³/mol. The lowest BCUT2D eigenvalue weighted by Crippen LogP contribution is -2.32. The molecule has 1 fully saturated rings. The van der Waals surface area contributed by atoms with E-state index in [1.54, 1.807) is 0 Å². The van der Waals surface area contributed by atoms with Gasteiger partial charge in [0.25, 0.3) is 0 Å². The molecule has 1 aromatic heterocycles. The van der Waals surface area contributed by atoms with Gasteiger partial charge in [-0.15, -0.1) is 10.2 Å². The van der Waals surface area contributed by atoms with Crippen LogP contribution >= 0.6 is 11.8 Å². The molecular formula is C21H29N5OS. The van der Waals surface area contributed by atoms with Crippen molar-refractivity contribution in [3.63, 3.8) is 0 Å². The monoisotopic (exact) mass is 399 g/mol. The van der Waals surface area contributed by atoms with Gasteiger partial charge in [0.05, 0.1) is 5.75 Å². The van der Waals surface area contributed by atoms with E-state index in [0.29, 0.717) is 5.75 Å². The van der Waals surface area contributed by atoms with E-state index in [1.165, 1.54) is 43.1 Å². The summed E-state index contributed by atoms with van der Waals surface area (Å²) in [6.07, 6.45) is 7.06. The number of nitrogens with zero attached hydrogens (tertiary/aromatic N) is 4. The van der Waals surface area contributed by atoms with Crippen LogP contribution in [0.4, 0.5) is 11.4 Å². The van der Waals surface area contributed by atoms with E-state index in [9.17, 15) is 4.79 Å². The number of carbonyl (C=O) groups excluding carboxylic acids is 1. The number of rotatable bonds is 5. The maximum absolute atomic E-state index is 12.4. The van der Waals surface area contributed by atoms with E-state index < -0.39 is 0 Å². The topological polar surface area (TPSA) is 63.1 Å². The summed E-state index contributed by atoms with van der Waals surface area (Å²) >= 11 is 1.47. The molecule has 6 nitrogen and oxygen atoms in total. The molecule has 0 bridgehead atoms. The van der Waals surface area contributed by atoms with Crippen LogP contribution in [0.1, 0.15) is 44.9 Å². The molecule has 0 aliphatic carbocycles. The first-order valence-electron chi connectivity index (χ1n) is 10.4. The summed E-state index contributed by atoms with van der Waals surface area (Å²) < 4.78 is 2.18. The largest absolute Gasteiger partial charge is 0.372 e. The van der Waals surface area contributed by atoms with Crippen molar-refractivity contribution in [2.24, 2.45) is 5.92 Å². The molecule has 1 N–H and O–H groups in total. The summed E-state index contributed by atoms with van der Waals surface area (Å²) in [5, 5.41) is 12.4. The average Bonchev–Trinajstić information content (AvgIpc) is 2.94. The Morgan fingerprint density at radius 2 is 1.89 bits per heavy atom. The van der Waals surface area contributed by atoms with Gasteiger partial charge in [-0.1, -0.05) is 25.1 Å². The fraction of sp³-hybridized carbons (Fsp3) is 0.571. The van der Waals surface area contributed by atoms with Gasteiger partial charge in [0.2, 0.25) is 5.91 Å². The Morgan fingerprint density at radius 3 is 2.68 bits per heavy atom. The zero-order valence-corrected chi connectivity index (χ0v) is 17.4. The molecule has 1 amide bonds. The van der Waals surface area contributed by atoms with Gasteiger partial charge < -0.3 is 14.8 Å². The van der Waals surface area contributed by atoms with Gasteiger partial charge in [0, 0.05) is 37.4 Å². The summed E-state index contributed by atoms with van der Waals surface area (Å²) in [6.45, 7) is 5.52. The van der Waals surface area contributed by atoms with Gasteiger partial charge in [-0.05, 0) is 55.9 Å². The third-order valence-corrected chi connectivity index (χ3v) is 6.67. The summed E-state index contributed by atoms with van der Waals surface area (Å²) in [6, 6.07) is 8.21. The van der Waals surface area contributed by atoms with Gasteiger partial charge in [-0.3, -0.25) is 4.79 Å². The summed E-state index contributed by atoms with van der Waals surface area (Å²) in [5.74, 6) is 2.23. The van der Waals surface area contributed by atoms with Gasteiger partial charge in [0.1, 0.15) is 5.82 Å². The maximum Gasteiger partial charge on any atom is 0.234 e. The van der Waals surface area contributed by atoms with E-state index in [0.717, 1.165) is 55.1 Å². The first-order chi connectivity index (χ1) is 13.7. The first-order valence-corrected chi connectivity index (χ1v) is 11.4. The van der Waals surface area contributed by atoms with Crippen LogP contribution in [0.15, 0.2) is 29.4 Å². The van der Waals surface area contributed by atoms with Crippen LogP contribution < -0.4 is 10.2 Å². The third-order valence-electron chi connectivity index (χ3n) is 5.71. The molecule has 0 spiro atoms. The molecule has 0 saturated carbocycles. The molecular weight excluding hydrogens is 370 g/mol. The Bertz CT molecular complexity index is 796. The van der Waals surface area contributed by atoms with Crippen molar-refractivity contribution in [2.45, 2.75) is 57.1 Å². The van der Waals surface area contributed by atoms with Gasteiger partial charge in [0.15, 0.2) is 5.16 Å². The number of amides is 1. The Balaban J connectivity index is 1.29. The third kappa shape index (κ3) is 4.69. The molecule has 2 aromatic rings. The smallest absolute Gasteiger partial charge is 0.234 e. The standard InChI is InChI=1S/C21H29N5OS/c1-16-10-13-25(14-11-16)18-8-6-17(7-9-18)22-20(27)15-28-21-24-23-19-5-3-2-4-12-26(19)21/h6-9,16H,2-5,10-15H2,1H3,(H,22,27). The highest BCUT2D eigenvalue weighted by Crippen LogP contribution is 2.25. The molecule has 7 heteroatoms. The first kappa shape index (κ1) is 19.3. The van der Waals surface area contributed by atoms with Crippen molar-refractivity contribution in [1.82, 2.24) is 14.8 Å². The minimum Gasteiger partial charge on any atom is -0.372 e. The van der Waals surface area contributed by atoms with Gasteiger partial charge >= 0.3 is 0 Å². The Labute approximate surface area is 171 Å². The van der Waals surface area contributed by atoms with E-state index >= 15 is 0 Å². The summed E-state index contributed by atoms with van der Waals surface area (Å²) in [7, 11) is 0. The molecule has 28 heavy (non-hydrogen) atoms. The molecule has 3 heterocycles. The highest BCUT2D eigenvalue weighted by molar-refractivity contribution is 7.99. The van der Waals surface area contributed by atoms with Crippen LogP contribution in [0.3, 0.4) is 0 Å². The second-order valence-electron chi connectivity index (χ2n) is 7.91. The number of carbonyl (C=O) groups is 1. The lowest BCUT2D eigenvalue weighted by atomic mass is 9.99. The van der Waals surface area contributed by atoms with Crippen molar-refractivity contribution in [3.8, 4) is 0 Å². The highest BCUT2D eigenvalue weighted by atomic mass is 32.2. The number of aryl methyl sites for hydroxylation is 1. The van der Waals surface area contributed by atoms with Crippen LogP contribution in [0.2, 0.25) is 0 Å². The van der Waals surface area contributed by atoms with Crippen LogP contribution in [-0.2, 0) is 17.8 Å². The molecule has 150 valence electrons. The fourth-order valence-corrected chi connectivity index (χ4v) is 4.70. The maximum atomic E-state index is 12.4. The Hall–Kier alpha value is -2.02. The van der Waals surface area contributed by atoms with Crippen molar-refractivity contribution < 1.29 is 4.79 Å². The van der Waals surface area contributed by atoms with Gasteiger partial charge in [-0.25, -0.2) is 0 Å². The molecule has 0 unspecified atom stereocenters. The Morgan fingerprint density at radius 1 is 1.11 bits per heavy atom. The molecule has 1 saturated heterocycles. The van der Waals surface area contributed by atoms with Crippen molar-refractivity contribution in [1.29, 1.82) is 0 Å². The summed E-state index contributed by atoms with van der Waals surface area (Å²) in [5.41, 5.74) is 2.09.